The van der Waals surface area contributed by atoms with Crippen molar-refractivity contribution in [3.63, 3.8) is 0 Å². The Balaban J connectivity index is 3.82. The molecule has 0 aromatic carbocycles. The molecule has 0 radical (unpaired) electrons. The minimum atomic E-state index is -0.514. The van der Waals surface area contributed by atoms with Crippen LogP contribution in [0.2, 0.25) is 0 Å². The van der Waals surface area contributed by atoms with E-state index >= 15 is 0 Å². The Morgan fingerprint density at radius 3 is 2.80 bits per heavy atom. The molecule has 0 aliphatic heterocycles. The van der Waals surface area contributed by atoms with Gasteiger partial charge in [0, 0.05) is 7.05 Å². The van der Waals surface area contributed by atoms with Gasteiger partial charge in [0.05, 0.1) is 6.61 Å². The summed E-state index contributed by atoms with van der Waals surface area (Å²) in [6.07, 6.45) is 0. The summed E-state index contributed by atoms with van der Waals surface area (Å²) in [5.74, 6) is -0.514. The molecule has 0 spiro atoms. The summed E-state index contributed by atoms with van der Waals surface area (Å²) in [6, 6.07) is 0. The van der Waals surface area contributed by atoms with Gasteiger partial charge in [-0.3, -0.25) is 0 Å². The van der Waals surface area contributed by atoms with E-state index in [1.165, 1.54) is 0 Å². The number of esters is 1. The molecule has 0 aromatic rings. The van der Waals surface area contributed by atoms with Gasteiger partial charge in [0.2, 0.25) is 0 Å². The summed E-state index contributed by atoms with van der Waals surface area (Å²) >= 11 is 3.75. The summed E-state index contributed by atoms with van der Waals surface area (Å²) in [4.78, 5) is 10.7. The fourth-order valence-electron chi connectivity index (χ4n) is 0.347. The van der Waals surface area contributed by atoms with Crippen molar-refractivity contribution < 1.29 is 9.53 Å². The Bertz CT molecular complexity index is 147. The summed E-state index contributed by atoms with van der Waals surface area (Å²) < 4.78 is 4.57. The highest BCUT2D eigenvalue weighted by molar-refractivity contribution is 7.99. The lowest BCUT2D eigenvalue weighted by Gasteiger charge is -1.97. The molecule has 0 aromatic heterocycles. The lowest BCUT2D eigenvalue weighted by atomic mass is 10.7. The van der Waals surface area contributed by atoms with Gasteiger partial charge in [0.15, 0.2) is 5.04 Å². The zero-order valence-electron chi connectivity index (χ0n) is 5.92. The van der Waals surface area contributed by atoms with E-state index in [-0.39, 0.29) is 5.04 Å². The first-order chi connectivity index (χ1) is 4.72. The summed E-state index contributed by atoms with van der Waals surface area (Å²) in [6.45, 7) is 2.06. The van der Waals surface area contributed by atoms with Crippen LogP contribution in [0.4, 0.5) is 0 Å². The second kappa shape index (κ2) is 5.10. The normalized spacial score (nSPS) is 10.9. The first-order valence-corrected chi connectivity index (χ1v) is 3.27. The smallest absolute Gasteiger partial charge is 0.365 e. The van der Waals surface area contributed by atoms with Crippen LogP contribution >= 0.6 is 12.6 Å². The summed E-state index contributed by atoms with van der Waals surface area (Å²) in [5, 5.41) is 3.53. The number of ether oxygens (including phenoxy) is 1. The van der Waals surface area contributed by atoms with Crippen molar-refractivity contribution in [3.8, 4) is 0 Å². The second-order valence-corrected chi connectivity index (χ2v) is 1.80. The highest BCUT2D eigenvalue weighted by atomic mass is 32.1. The van der Waals surface area contributed by atoms with Crippen molar-refractivity contribution in [2.45, 2.75) is 6.92 Å². The van der Waals surface area contributed by atoms with Gasteiger partial charge in [0.1, 0.15) is 0 Å². The van der Waals surface area contributed by atoms with Gasteiger partial charge in [-0.15, -0.1) is 12.6 Å². The maximum absolute atomic E-state index is 10.7. The Hall–Kier alpha value is -0.710. The van der Waals surface area contributed by atoms with E-state index < -0.39 is 5.97 Å². The molecule has 0 aliphatic rings. The Labute approximate surface area is 65.0 Å². The number of nitrogens with one attached hydrogen (secondary N) is 1. The third-order valence-electron chi connectivity index (χ3n) is 0.676. The van der Waals surface area contributed by atoms with E-state index in [0.29, 0.717) is 6.61 Å². The molecule has 0 unspecified atom stereocenters. The van der Waals surface area contributed by atoms with Gasteiger partial charge in [-0.05, 0) is 6.92 Å². The number of carbonyl (C=O) groups is 1. The van der Waals surface area contributed by atoms with Gasteiger partial charge in [-0.25, -0.2) is 4.79 Å². The van der Waals surface area contributed by atoms with Crippen LogP contribution in [0.3, 0.4) is 0 Å². The van der Waals surface area contributed by atoms with Crippen molar-refractivity contribution >= 4 is 23.6 Å². The van der Waals surface area contributed by atoms with Crippen molar-refractivity contribution in [3.05, 3.63) is 0 Å². The van der Waals surface area contributed by atoms with Crippen LogP contribution in [0, 0.1) is 0 Å². The van der Waals surface area contributed by atoms with E-state index in [0.717, 1.165) is 0 Å². The van der Waals surface area contributed by atoms with Crippen LogP contribution in [0.25, 0.3) is 0 Å². The quantitative estimate of drug-likeness (QED) is 0.202. The van der Waals surface area contributed by atoms with Gasteiger partial charge in [-0.2, -0.15) is 5.10 Å². The summed E-state index contributed by atoms with van der Waals surface area (Å²) in [5.41, 5.74) is 2.42. The topological polar surface area (TPSA) is 50.7 Å². The van der Waals surface area contributed by atoms with E-state index in [4.69, 9.17) is 0 Å². The van der Waals surface area contributed by atoms with Gasteiger partial charge in [0.25, 0.3) is 0 Å². The van der Waals surface area contributed by atoms with Crippen LogP contribution in [0.5, 0.6) is 0 Å². The fourth-order valence-corrected chi connectivity index (χ4v) is 0.512. The lowest BCUT2D eigenvalue weighted by Crippen LogP contribution is -2.14. The molecular weight excluding hydrogens is 152 g/mol. The van der Waals surface area contributed by atoms with Crippen LogP contribution in [-0.2, 0) is 9.53 Å². The molecule has 0 fully saturated rings. The zero-order chi connectivity index (χ0) is 7.98. The molecule has 10 heavy (non-hydrogen) atoms. The highest BCUT2D eigenvalue weighted by Gasteiger charge is 2.05. The molecule has 0 saturated carbocycles. The lowest BCUT2D eigenvalue weighted by molar-refractivity contribution is -0.134. The fraction of sp³-hybridized carbons (Fsp3) is 0.600. The van der Waals surface area contributed by atoms with Crippen molar-refractivity contribution in [1.82, 2.24) is 5.43 Å². The largest absolute Gasteiger partial charge is 0.461 e. The molecule has 0 aliphatic carbocycles. The standard InChI is InChI=1S/C5H10N2O2S/c1-3-9-5(8)4(10)7-6-2/h6H,3H2,1-2H3,(H,7,10). The first kappa shape index (κ1) is 9.29. The number of carbonyl (C=O) groups excluding carboxylic acids is 1. The number of nitrogens with zero attached hydrogens (tertiary/aromatic N) is 1. The van der Waals surface area contributed by atoms with Crippen LogP contribution in [0.1, 0.15) is 6.92 Å². The summed E-state index contributed by atoms with van der Waals surface area (Å²) in [7, 11) is 1.58. The third-order valence-corrected chi connectivity index (χ3v) is 0.958. The van der Waals surface area contributed by atoms with Crippen molar-refractivity contribution in [2.75, 3.05) is 13.7 Å². The predicted molar refractivity (Wildman–Crippen MR) is 42.1 cm³/mol. The van der Waals surface area contributed by atoms with Crippen molar-refractivity contribution in [2.24, 2.45) is 5.10 Å². The van der Waals surface area contributed by atoms with Crippen LogP contribution < -0.4 is 5.43 Å². The van der Waals surface area contributed by atoms with E-state index in [9.17, 15) is 4.79 Å². The average Bonchev–Trinajstić information content (AvgIpc) is 1.89. The Kier molecular flexibility index (Phi) is 4.74. The number of thiol groups is 1. The van der Waals surface area contributed by atoms with Gasteiger partial charge < -0.3 is 10.2 Å². The van der Waals surface area contributed by atoms with Gasteiger partial charge in [-0.1, -0.05) is 0 Å². The van der Waals surface area contributed by atoms with Gasteiger partial charge >= 0.3 is 5.97 Å². The third kappa shape index (κ3) is 3.34. The maximum atomic E-state index is 10.7. The first-order valence-electron chi connectivity index (χ1n) is 2.82. The molecule has 1 N–H and O–H groups in total. The molecular formula is C5H10N2O2S. The minimum absolute atomic E-state index is 0.0318. The number of hydrogen-bond acceptors (Lipinski definition) is 4. The monoisotopic (exact) mass is 162 g/mol. The Morgan fingerprint density at radius 2 is 2.40 bits per heavy atom. The molecule has 4 nitrogen and oxygen atoms in total. The predicted octanol–water partition coefficient (Wildman–Crippen LogP) is 0.0122. The van der Waals surface area contributed by atoms with E-state index in [1.807, 2.05) is 0 Å². The zero-order valence-corrected chi connectivity index (χ0v) is 6.81. The highest BCUT2D eigenvalue weighted by Crippen LogP contribution is 1.87. The molecule has 0 rings (SSSR count). The van der Waals surface area contributed by atoms with Crippen LogP contribution in [-0.4, -0.2) is 24.7 Å². The molecule has 58 valence electrons. The maximum Gasteiger partial charge on any atom is 0.365 e. The van der Waals surface area contributed by atoms with E-state index in [2.05, 4.69) is 27.9 Å². The minimum Gasteiger partial charge on any atom is -0.461 e. The molecule has 0 heterocycles. The Morgan fingerprint density at radius 1 is 1.80 bits per heavy atom. The van der Waals surface area contributed by atoms with Crippen molar-refractivity contribution in [1.29, 1.82) is 0 Å². The molecule has 0 amide bonds. The van der Waals surface area contributed by atoms with Crippen LogP contribution in [0.15, 0.2) is 5.10 Å². The molecule has 0 bridgehead atoms. The average molecular weight is 162 g/mol. The second-order valence-electron chi connectivity index (χ2n) is 1.38. The molecule has 5 heteroatoms. The molecule has 0 saturated heterocycles. The SMILES string of the molecule is CCOC(=O)/C(S)=N/NC. The van der Waals surface area contributed by atoms with E-state index in [1.54, 1.807) is 14.0 Å². The number of hydrogen-bond donors (Lipinski definition) is 2. The number of hydrazone groups is 1. The molecule has 0 atom stereocenters. The number of rotatable bonds is 3.